The number of halogens is 2. The Balaban J connectivity index is 1.92. The Morgan fingerprint density at radius 1 is 1.33 bits per heavy atom. The molecule has 0 spiro atoms. The van der Waals surface area contributed by atoms with Crippen molar-refractivity contribution in [2.24, 2.45) is 7.05 Å². The molecule has 0 fully saturated rings. The molecule has 4 nitrogen and oxygen atoms in total. The lowest BCUT2D eigenvalue weighted by atomic mass is 10.2. The molecule has 3 rings (SSSR count). The highest BCUT2D eigenvalue weighted by Crippen LogP contribution is 2.23. The van der Waals surface area contributed by atoms with Crippen molar-refractivity contribution in [3.05, 3.63) is 59.1 Å². The van der Waals surface area contributed by atoms with Crippen LogP contribution in [0.25, 0.3) is 11.0 Å². The zero-order valence-electron chi connectivity index (χ0n) is 11.0. The van der Waals surface area contributed by atoms with Gasteiger partial charge < -0.3 is 9.30 Å². The number of esters is 1. The Morgan fingerprint density at radius 2 is 2.14 bits per heavy atom. The van der Waals surface area contributed by atoms with Crippen molar-refractivity contribution in [1.29, 1.82) is 0 Å². The molecule has 0 radical (unpaired) electrons. The van der Waals surface area contributed by atoms with E-state index in [0.29, 0.717) is 5.52 Å². The third-order valence-corrected chi connectivity index (χ3v) is 3.39. The molecule has 0 N–H and O–H groups in total. The van der Waals surface area contributed by atoms with Gasteiger partial charge in [0.2, 0.25) is 0 Å². The SMILES string of the molecule is Cn1cnc2cc(OC(=O)c3c(F)cccc3Cl)ccc21. The minimum absolute atomic E-state index is 0.0129. The van der Waals surface area contributed by atoms with Crippen LogP contribution in [0.3, 0.4) is 0 Å². The van der Waals surface area contributed by atoms with Crippen molar-refractivity contribution in [3.8, 4) is 5.75 Å². The van der Waals surface area contributed by atoms with Gasteiger partial charge in [-0.25, -0.2) is 14.2 Å². The zero-order valence-corrected chi connectivity index (χ0v) is 11.8. The summed E-state index contributed by atoms with van der Waals surface area (Å²) in [4.78, 5) is 16.2. The summed E-state index contributed by atoms with van der Waals surface area (Å²) in [5.74, 6) is -1.27. The molecule has 0 aliphatic heterocycles. The van der Waals surface area contributed by atoms with Gasteiger partial charge in [-0.05, 0) is 24.3 Å². The van der Waals surface area contributed by atoms with Crippen molar-refractivity contribution in [2.75, 3.05) is 0 Å². The van der Waals surface area contributed by atoms with E-state index in [1.54, 1.807) is 24.5 Å². The second-order valence-corrected chi connectivity index (χ2v) is 4.90. The van der Waals surface area contributed by atoms with Crippen LogP contribution in [0.1, 0.15) is 10.4 Å². The van der Waals surface area contributed by atoms with E-state index in [-0.39, 0.29) is 16.3 Å². The lowest BCUT2D eigenvalue weighted by Gasteiger charge is -2.07. The standard InChI is InChI=1S/C15H10ClFN2O2/c1-19-8-18-12-7-9(5-6-13(12)19)21-15(20)14-10(16)3-2-4-11(14)17/h2-8H,1H3. The van der Waals surface area contributed by atoms with Crippen LogP contribution < -0.4 is 4.74 Å². The molecule has 0 saturated heterocycles. The molecule has 0 atom stereocenters. The Kier molecular flexibility index (Phi) is 3.35. The van der Waals surface area contributed by atoms with E-state index in [4.69, 9.17) is 16.3 Å². The molecule has 3 aromatic rings. The highest BCUT2D eigenvalue weighted by atomic mass is 35.5. The maximum absolute atomic E-state index is 13.7. The largest absolute Gasteiger partial charge is 0.423 e. The van der Waals surface area contributed by atoms with Gasteiger partial charge in [0, 0.05) is 13.1 Å². The molecule has 106 valence electrons. The maximum Gasteiger partial charge on any atom is 0.348 e. The van der Waals surface area contributed by atoms with Gasteiger partial charge in [-0.3, -0.25) is 0 Å². The van der Waals surface area contributed by atoms with Gasteiger partial charge in [0.05, 0.1) is 22.4 Å². The number of carbonyl (C=O) groups excluding carboxylic acids is 1. The van der Waals surface area contributed by atoms with Gasteiger partial charge in [0.1, 0.15) is 17.1 Å². The van der Waals surface area contributed by atoms with E-state index in [1.165, 1.54) is 12.1 Å². The third-order valence-electron chi connectivity index (χ3n) is 3.07. The maximum atomic E-state index is 13.7. The van der Waals surface area contributed by atoms with Crippen LogP contribution in [0, 0.1) is 5.82 Å². The summed E-state index contributed by atoms with van der Waals surface area (Å²) in [7, 11) is 1.86. The molecule has 0 unspecified atom stereocenters. The number of carbonyl (C=O) groups is 1. The molecule has 0 amide bonds. The molecule has 0 saturated carbocycles. The highest BCUT2D eigenvalue weighted by Gasteiger charge is 2.18. The summed E-state index contributed by atoms with van der Waals surface area (Å²) in [5.41, 5.74) is 1.31. The number of imidazole rings is 1. The average Bonchev–Trinajstić information content (AvgIpc) is 2.80. The van der Waals surface area contributed by atoms with E-state index < -0.39 is 11.8 Å². The fraction of sp³-hybridized carbons (Fsp3) is 0.0667. The molecule has 21 heavy (non-hydrogen) atoms. The Morgan fingerprint density at radius 3 is 2.90 bits per heavy atom. The quantitative estimate of drug-likeness (QED) is 0.537. The number of aromatic nitrogens is 2. The van der Waals surface area contributed by atoms with Gasteiger partial charge in [-0.2, -0.15) is 0 Å². The van der Waals surface area contributed by atoms with Gasteiger partial charge in [0.15, 0.2) is 0 Å². The summed E-state index contributed by atoms with van der Waals surface area (Å²) in [6, 6.07) is 9.02. The molecule has 0 bridgehead atoms. The summed E-state index contributed by atoms with van der Waals surface area (Å²) in [5, 5.41) is 0.0129. The second kappa shape index (κ2) is 5.18. The first kappa shape index (κ1) is 13.6. The van der Waals surface area contributed by atoms with Crippen LogP contribution in [0.4, 0.5) is 4.39 Å². The molecule has 1 heterocycles. The smallest absolute Gasteiger partial charge is 0.348 e. The van der Waals surface area contributed by atoms with Crippen molar-refractivity contribution >= 4 is 28.6 Å². The molecule has 0 aliphatic carbocycles. The Bertz CT molecular complexity index is 825. The molecule has 1 aromatic heterocycles. The van der Waals surface area contributed by atoms with E-state index in [2.05, 4.69) is 4.98 Å². The van der Waals surface area contributed by atoms with E-state index in [1.807, 2.05) is 11.6 Å². The molecule has 2 aromatic carbocycles. The Labute approximate surface area is 124 Å². The number of aryl methyl sites for hydroxylation is 1. The minimum atomic E-state index is -0.839. The van der Waals surface area contributed by atoms with Crippen molar-refractivity contribution in [2.45, 2.75) is 0 Å². The normalized spacial score (nSPS) is 10.8. The predicted molar refractivity (Wildman–Crippen MR) is 77.1 cm³/mol. The minimum Gasteiger partial charge on any atom is -0.423 e. The van der Waals surface area contributed by atoms with Crippen LogP contribution in [0.5, 0.6) is 5.75 Å². The topological polar surface area (TPSA) is 44.1 Å². The van der Waals surface area contributed by atoms with Crippen LogP contribution in [-0.2, 0) is 7.05 Å². The van der Waals surface area contributed by atoms with Crippen LogP contribution >= 0.6 is 11.6 Å². The molecule has 6 heteroatoms. The molecular weight excluding hydrogens is 295 g/mol. The first-order chi connectivity index (χ1) is 10.1. The number of hydrogen-bond donors (Lipinski definition) is 0. The van der Waals surface area contributed by atoms with Crippen LogP contribution in [0.2, 0.25) is 5.02 Å². The summed E-state index contributed by atoms with van der Waals surface area (Å²) < 4.78 is 20.7. The number of hydrogen-bond acceptors (Lipinski definition) is 3. The lowest BCUT2D eigenvalue weighted by Crippen LogP contribution is -2.11. The zero-order chi connectivity index (χ0) is 15.0. The second-order valence-electron chi connectivity index (χ2n) is 4.49. The van der Waals surface area contributed by atoms with E-state index >= 15 is 0 Å². The van der Waals surface area contributed by atoms with Crippen molar-refractivity contribution in [3.63, 3.8) is 0 Å². The van der Waals surface area contributed by atoms with Gasteiger partial charge in [0.25, 0.3) is 0 Å². The first-order valence-corrected chi connectivity index (χ1v) is 6.51. The number of fused-ring (bicyclic) bond motifs is 1. The summed E-state index contributed by atoms with van der Waals surface area (Å²) in [6.45, 7) is 0. The number of rotatable bonds is 2. The van der Waals surface area contributed by atoms with Crippen LogP contribution in [0.15, 0.2) is 42.7 Å². The van der Waals surface area contributed by atoms with Gasteiger partial charge >= 0.3 is 5.97 Å². The number of ether oxygens (including phenoxy) is 1. The summed E-state index contributed by atoms with van der Waals surface area (Å²) >= 11 is 5.83. The van der Waals surface area contributed by atoms with Gasteiger partial charge in [-0.15, -0.1) is 0 Å². The molecular formula is C15H10ClFN2O2. The third kappa shape index (κ3) is 2.48. The highest BCUT2D eigenvalue weighted by molar-refractivity contribution is 6.33. The number of nitrogens with zero attached hydrogens (tertiary/aromatic N) is 2. The molecule has 0 aliphatic rings. The van der Waals surface area contributed by atoms with Crippen molar-refractivity contribution in [1.82, 2.24) is 9.55 Å². The van der Waals surface area contributed by atoms with E-state index in [0.717, 1.165) is 11.6 Å². The van der Waals surface area contributed by atoms with Gasteiger partial charge in [-0.1, -0.05) is 17.7 Å². The predicted octanol–water partition coefficient (Wildman–Crippen LogP) is 3.59. The lowest BCUT2D eigenvalue weighted by molar-refractivity contribution is 0.0730. The monoisotopic (exact) mass is 304 g/mol. The average molecular weight is 305 g/mol. The van der Waals surface area contributed by atoms with Crippen molar-refractivity contribution < 1.29 is 13.9 Å². The number of benzene rings is 2. The fourth-order valence-corrected chi connectivity index (χ4v) is 2.27. The van der Waals surface area contributed by atoms with E-state index in [9.17, 15) is 9.18 Å². The Hall–Kier alpha value is -2.40. The fourth-order valence-electron chi connectivity index (χ4n) is 2.03. The van der Waals surface area contributed by atoms with Crippen LogP contribution in [-0.4, -0.2) is 15.5 Å². The first-order valence-electron chi connectivity index (χ1n) is 6.13. The summed E-state index contributed by atoms with van der Waals surface area (Å²) in [6.07, 6.45) is 1.66.